The van der Waals surface area contributed by atoms with Gasteiger partial charge in [0, 0.05) is 37.8 Å². The third-order valence-electron chi connectivity index (χ3n) is 5.50. The molecule has 1 saturated heterocycles. The number of likely N-dealkylation sites (N-methyl/N-ethyl adjacent to an activating group) is 1. The molecule has 1 unspecified atom stereocenters. The van der Waals surface area contributed by atoms with Crippen molar-refractivity contribution in [3.05, 3.63) is 65.5 Å². The van der Waals surface area contributed by atoms with Crippen LogP contribution in [0.5, 0.6) is 0 Å². The van der Waals surface area contributed by atoms with Gasteiger partial charge in [0.05, 0.1) is 6.54 Å². The Bertz CT molecular complexity index is 1060. The summed E-state index contributed by atoms with van der Waals surface area (Å²) in [7, 11) is -2.36. The lowest BCUT2D eigenvalue weighted by Gasteiger charge is -2.35. The Balaban J connectivity index is 1.60. The molecule has 3 rings (SSSR count). The van der Waals surface area contributed by atoms with E-state index in [4.69, 9.17) is 0 Å². The summed E-state index contributed by atoms with van der Waals surface area (Å²) in [6, 6.07) is 7.81. The standard InChI is InChI=1S/C21H24F3N3O3S/c1-15(17-13-16(22)7-8-18(17)23)25(2)14-21(28)26-9-11-27(12-10-26)31(29,30)20-6-4-3-5-19(20)24/h3-8,13,15H,9-12,14H2,1-2H3. The summed E-state index contributed by atoms with van der Waals surface area (Å²) in [6.45, 7) is 2.02. The highest BCUT2D eigenvalue weighted by atomic mass is 32.2. The number of rotatable bonds is 6. The Morgan fingerprint density at radius 1 is 1.03 bits per heavy atom. The van der Waals surface area contributed by atoms with E-state index < -0.39 is 33.5 Å². The van der Waals surface area contributed by atoms with Gasteiger partial charge < -0.3 is 4.90 Å². The summed E-state index contributed by atoms with van der Waals surface area (Å²) in [5.41, 5.74) is 0.149. The Kier molecular flexibility index (Phi) is 7.03. The van der Waals surface area contributed by atoms with Crippen molar-refractivity contribution in [2.24, 2.45) is 0 Å². The zero-order valence-corrected chi connectivity index (χ0v) is 18.1. The number of nitrogens with zero attached hydrogens (tertiary/aromatic N) is 3. The molecule has 168 valence electrons. The van der Waals surface area contributed by atoms with E-state index in [9.17, 15) is 26.4 Å². The van der Waals surface area contributed by atoms with E-state index in [-0.39, 0.29) is 49.1 Å². The van der Waals surface area contributed by atoms with E-state index in [1.807, 2.05) is 0 Å². The van der Waals surface area contributed by atoms with Gasteiger partial charge in [-0.15, -0.1) is 0 Å². The first-order chi connectivity index (χ1) is 14.6. The van der Waals surface area contributed by atoms with Gasteiger partial charge in [-0.3, -0.25) is 9.69 Å². The first kappa shape index (κ1) is 23.2. The molecule has 0 radical (unpaired) electrons. The molecule has 31 heavy (non-hydrogen) atoms. The van der Waals surface area contributed by atoms with E-state index in [2.05, 4.69) is 0 Å². The van der Waals surface area contributed by atoms with Crippen molar-refractivity contribution < 1.29 is 26.4 Å². The van der Waals surface area contributed by atoms with E-state index in [1.54, 1.807) is 18.9 Å². The van der Waals surface area contributed by atoms with Gasteiger partial charge in [0.15, 0.2) is 0 Å². The molecule has 1 aliphatic rings. The minimum Gasteiger partial charge on any atom is -0.339 e. The van der Waals surface area contributed by atoms with Crippen molar-refractivity contribution in [2.45, 2.75) is 17.9 Å². The van der Waals surface area contributed by atoms with Crippen molar-refractivity contribution in [1.29, 1.82) is 0 Å². The number of piperazine rings is 1. The Morgan fingerprint density at radius 3 is 2.32 bits per heavy atom. The summed E-state index contributed by atoms with van der Waals surface area (Å²) in [5, 5.41) is 0. The summed E-state index contributed by atoms with van der Waals surface area (Å²) in [5.74, 6) is -2.19. The van der Waals surface area contributed by atoms with Crippen LogP contribution in [0.1, 0.15) is 18.5 Å². The van der Waals surface area contributed by atoms with E-state index in [0.29, 0.717) is 0 Å². The van der Waals surface area contributed by atoms with Crippen LogP contribution in [0.15, 0.2) is 47.4 Å². The largest absolute Gasteiger partial charge is 0.339 e. The molecule has 0 spiro atoms. The molecular weight excluding hydrogens is 431 g/mol. The predicted octanol–water partition coefficient (Wildman–Crippen LogP) is 2.63. The number of hydrogen-bond acceptors (Lipinski definition) is 4. The first-order valence-electron chi connectivity index (χ1n) is 9.79. The van der Waals surface area contributed by atoms with Crippen LogP contribution in [-0.4, -0.2) is 68.2 Å². The molecule has 1 aliphatic heterocycles. The zero-order valence-electron chi connectivity index (χ0n) is 17.3. The number of benzene rings is 2. The van der Waals surface area contributed by atoms with Crippen molar-refractivity contribution >= 4 is 15.9 Å². The van der Waals surface area contributed by atoms with Gasteiger partial charge in [-0.25, -0.2) is 21.6 Å². The molecule has 2 aromatic rings. The molecule has 1 fully saturated rings. The molecule has 6 nitrogen and oxygen atoms in total. The monoisotopic (exact) mass is 455 g/mol. The van der Waals surface area contributed by atoms with E-state index >= 15 is 0 Å². The van der Waals surface area contributed by atoms with Crippen molar-refractivity contribution in [1.82, 2.24) is 14.1 Å². The maximum absolute atomic E-state index is 14.0. The van der Waals surface area contributed by atoms with Crippen LogP contribution in [0.2, 0.25) is 0 Å². The van der Waals surface area contributed by atoms with Gasteiger partial charge >= 0.3 is 0 Å². The quantitative estimate of drug-likeness (QED) is 0.672. The van der Waals surface area contributed by atoms with Crippen LogP contribution in [-0.2, 0) is 14.8 Å². The molecule has 0 N–H and O–H groups in total. The Labute approximate surface area is 179 Å². The predicted molar refractivity (Wildman–Crippen MR) is 109 cm³/mol. The lowest BCUT2D eigenvalue weighted by atomic mass is 10.1. The second-order valence-electron chi connectivity index (χ2n) is 7.47. The summed E-state index contributed by atoms with van der Waals surface area (Å²) in [6.07, 6.45) is 0. The molecule has 1 heterocycles. The van der Waals surface area contributed by atoms with E-state index in [0.717, 1.165) is 28.6 Å². The van der Waals surface area contributed by atoms with Crippen LogP contribution >= 0.6 is 0 Å². The van der Waals surface area contributed by atoms with E-state index in [1.165, 1.54) is 23.1 Å². The van der Waals surface area contributed by atoms with Gasteiger partial charge in [-0.05, 0) is 44.3 Å². The minimum absolute atomic E-state index is 0.0419. The molecule has 0 aliphatic carbocycles. The van der Waals surface area contributed by atoms with Gasteiger partial charge in [0.2, 0.25) is 15.9 Å². The lowest BCUT2D eigenvalue weighted by Crippen LogP contribution is -2.52. The van der Waals surface area contributed by atoms with Crippen LogP contribution in [0.3, 0.4) is 0 Å². The number of carbonyl (C=O) groups excluding carboxylic acids is 1. The number of sulfonamides is 1. The Morgan fingerprint density at radius 2 is 1.68 bits per heavy atom. The average Bonchev–Trinajstić information content (AvgIpc) is 2.75. The summed E-state index contributed by atoms with van der Waals surface area (Å²) >= 11 is 0. The van der Waals surface area contributed by atoms with Crippen LogP contribution in [0, 0.1) is 17.5 Å². The fourth-order valence-corrected chi connectivity index (χ4v) is 4.98. The fourth-order valence-electron chi connectivity index (χ4n) is 3.49. The fraction of sp³-hybridized carbons (Fsp3) is 0.381. The van der Waals surface area contributed by atoms with Gasteiger partial charge in [0.25, 0.3) is 0 Å². The topological polar surface area (TPSA) is 60.9 Å². The zero-order chi connectivity index (χ0) is 22.8. The molecule has 2 aromatic carbocycles. The van der Waals surface area contributed by atoms with Crippen molar-refractivity contribution in [2.75, 3.05) is 39.8 Å². The van der Waals surface area contributed by atoms with Crippen LogP contribution in [0.25, 0.3) is 0 Å². The number of hydrogen-bond donors (Lipinski definition) is 0. The first-order valence-corrected chi connectivity index (χ1v) is 11.2. The SMILES string of the molecule is CC(c1cc(F)ccc1F)N(C)CC(=O)N1CCN(S(=O)(=O)c2ccccc2F)CC1. The second-order valence-corrected chi connectivity index (χ2v) is 9.38. The minimum atomic E-state index is -3.99. The number of amides is 1. The van der Waals surface area contributed by atoms with Crippen LogP contribution < -0.4 is 0 Å². The molecule has 0 aromatic heterocycles. The highest BCUT2D eigenvalue weighted by molar-refractivity contribution is 7.89. The number of halogens is 3. The average molecular weight is 456 g/mol. The maximum atomic E-state index is 14.0. The summed E-state index contributed by atoms with van der Waals surface area (Å²) in [4.78, 5) is 15.4. The highest BCUT2D eigenvalue weighted by Crippen LogP contribution is 2.23. The smallest absolute Gasteiger partial charge is 0.246 e. The molecule has 0 saturated carbocycles. The third-order valence-corrected chi connectivity index (χ3v) is 7.43. The lowest BCUT2D eigenvalue weighted by molar-refractivity contribution is -0.133. The second kappa shape index (κ2) is 9.37. The molecule has 10 heteroatoms. The number of carbonyl (C=O) groups is 1. The van der Waals surface area contributed by atoms with Gasteiger partial charge in [-0.2, -0.15) is 4.31 Å². The van der Waals surface area contributed by atoms with Crippen molar-refractivity contribution in [3.63, 3.8) is 0 Å². The molecule has 1 amide bonds. The molecule has 0 bridgehead atoms. The Hall–Kier alpha value is -2.43. The highest BCUT2D eigenvalue weighted by Gasteiger charge is 2.32. The molecule has 1 atom stereocenters. The maximum Gasteiger partial charge on any atom is 0.246 e. The molecular formula is C21H24F3N3O3S. The van der Waals surface area contributed by atoms with Gasteiger partial charge in [0.1, 0.15) is 22.3 Å². The summed E-state index contributed by atoms with van der Waals surface area (Å²) < 4.78 is 67.9. The normalized spacial score (nSPS) is 16.5. The van der Waals surface area contributed by atoms with Crippen molar-refractivity contribution in [3.8, 4) is 0 Å². The third kappa shape index (κ3) is 5.08. The van der Waals surface area contributed by atoms with Gasteiger partial charge in [-0.1, -0.05) is 12.1 Å². The van der Waals surface area contributed by atoms with Crippen LogP contribution in [0.4, 0.5) is 13.2 Å².